The van der Waals surface area contributed by atoms with Crippen molar-refractivity contribution in [3.63, 3.8) is 0 Å². The second kappa shape index (κ2) is 5.73. The minimum Gasteiger partial charge on any atom is -0.490 e. The molecule has 24 heavy (non-hydrogen) atoms. The number of ether oxygens (including phenoxy) is 1. The Balaban J connectivity index is 1.83. The number of hydrogen-bond donors (Lipinski definition) is 2. The monoisotopic (exact) mass is 319 g/mol. The number of nitrogens with zero attached hydrogens (tertiary/aromatic N) is 3. The molecular formula is C18H17N5O. The first-order chi connectivity index (χ1) is 11.8. The Kier molecular flexibility index (Phi) is 3.42. The summed E-state index contributed by atoms with van der Waals surface area (Å²) in [4.78, 5) is 9.17. The van der Waals surface area contributed by atoms with Crippen LogP contribution in [-0.4, -0.2) is 22.1 Å². The summed E-state index contributed by atoms with van der Waals surface area (Å²) in [5.41, 5.74) is 8.83. The van der Waals surface area contributed by atoms with Crippen LogP contribution in [0.5, 0.6) is 5.75 Å². The van der Waals surface area contributed by atoms with Crippen molar-refractivity contribution in [2.75, 3.05) is 11.9 Å². The third-order valence-electron chi connectivity index (χ3n) is 3.87. The molecule has 6 heteroatoms. The predicted molar refractivity (Wildman–Crippen MR) is 95.3 cm³/mol. The van der Waals surface area contributed by atoms with E-state index in [0.29, 0.717) is 18.5 Å². The highest BCUT2D eigenvalue weighted by atomic mass is 16.5. The third kappa shape index (κ3) is 2.38. The number of imidazole rings is 1. The fourth-order valence-corrected chi connectivity index (χ4v) is 2.86. The molecular weight excluding hydrogens is 302 g/mol. The Morgan fingerprint density at radius 2 is 2.12 bits per heavy atom. The fraction of sp³-hybridized carbons (Fsp3) is 0.111. The molecule has 6 nitrogen and oxygen atoms in total. The molecule has 0 unspecified atom stereocenters. The van der Waals surface area contributed by atoms with E-state index in [4.69, 9.17) is 10.5 Å². The highest BCUT2D eigenvalue weighted by molar-refractivity contribution is 5.94. The highest BCUT2D eigenvalue weighted by Gasteiger charge is 2.25. The lowest BCUT2D eigenvalue weighted by molar-refractivity contribution is 0.362. The number of nitrogens with two attached hydrogens (primary N) is 1. The smallest absolute Gasteiger partial charge is 0.212 e. The summed E-state index contributed by atoms with van der Waals surface area (Å²) in [6, 6.07) is 15.8. The van der Waals surface area contributed by atoms with E-state index in [-0.39, 0.29) is 6.17 Å². The lowest BCUT2D eigenvalue weighted by Crippen LogP contribution is -2.31. The molecule has 0 saturated heterocycles. The van der Waals surface area contributed by atoms with E-state index in [9.17, 15) is 0 Å². The van der Waals surface area contributed by atoms with Crippen LogP contribution in [0.15, 0.2) is 66.2 Å². The van der Waals surface area contributed by atoms with Crippen LogP contribution >= 0.6 is 0 Å². The van der Waals surface area contributed by atoms with Crippen molar-refractivity contribution in [2.45, 2.75) is 6.17 Å². The van der Waals surface area contributed by atoms with Crippen molar-refractivity contribution < 1.29 is 4.74 Å². The van der Waals surface area contributed by atoms with Gasteiger partial charge in [-0.15, -0.1) is 0 Å². The number of nitrogens with one attached hydrogen (secondary N) is 1. The number of aliphatic imine (C=N–C) groups is 1. The minimum absolute atomic E-state index is 0.291. The van der Waals surface area contributed by atoms with Gasteiger partial charge in [0.2, 0.25) is 5.95 Å². The molecule has 120 valence electrons. The quantitative estimate of drug-likeness (QED) is 0.725. The Hall–Kier alpha value is -3.28. The molecule has 0 spiro atoms. The van der Waals surface area contributed by atoms with Crippen LogP contribution in [-0.2, 0) is 0 Å². The Morgan fingerprint density at radius 3 is 3.00 bits per heavy atom. The van der Waals surface area contributed by atoms with Gasteiger partial charge in [0.15, 0.2) is 12.1 Å². The molecule has 0 fully saturated rings. The van der Waals surface area contributed by atoms with E-state index in [1.165, 1.54) is 0 Å². The standard InChI is InChI=1S/C18H17N5O/c1-2-10-24-13-7-5-6-12(11-13)16-21-17(19)22-18-20-14-8-3-4-9-15(14)23(16)18/h2-9,11,16H,1,10H2,(H3,19,20,21,22)/t16-/m1/s1. The number of benzene rings is 2. The average Bonchev–Trinajstić information content (AvgIpc) is 2.97. The Morgan fingerprint density at radius 1 is 1.25 bits per heavy atom. The van der Waals surface area contributed by atoms with Gasteiger partial charge < -0.3 is 10.5 Å². The summed E-state index contributed by atoms with van der Waals surface area (Å²) in [5.74, 6) is 1.80. The molecule has 0 radical (unpaired) electrons. The molecule has 2 heterocycles. The van der Waals surface area contributed by atoms with Crippen LogP contribution in [0.3, 0.4) is 0 Å². The van der Waals surface area contributed by atoms with Gasteiger partial charge in [-0.25, -0.2) is 9.98 Å². The highest BCUT2D eigenvalue weighted by Crippen LogP contribution is 2.33. The average molecular weight is 319 g/mol. The summed E-state index contributed by atoms with van der Waals surface area (Å²) in [5, 5.41) is 3.03. The zero-order chi connectivity index (χ0) is 16.5. The SMILES string of the molecule is C=CCOc1cccc([C@@H]2N=C(N)Nc3nc4ccccc4n32)c1. The van der Waals surface area contributed by atoms with Crippen LogP contribution in [0.25, 0.3) is 11.0 Å². The maximum absolute atomic E-state index is 5.96. The van der Waals surface area contributed by atoms with Gasteiger partial charge >= 0.3 is 0 Å². The molecule has 1 aliphatic rings. The summed E-state index contributed by atoms with van der Waals surface area (Å²) in [7, 11) is 0. The summed E-state index contributed by atoms with van der Waals surface area (Å²) in [6.07, 6.45) is 1.43. The number of anilines is 1. The van der Waals surface area contributed by atoms with Crippen LogP contribution in [0.4, 0.5) is 5.95 Å². The van der Waals surface area contributed by atoms with Crippen molar-refractivity contribution in [2.24, 2.45) is 10.7 Å². The number of para-hydroxylation sites is 2. The number of hydrogen-bond acceptors (Lipinski definition) is 5. The first-order valence-electron chi connectivity index (χ1n) is 7.67. The molecule has 1 aromatic heterocycles. The van der Waals surface area contributed by atoms with Gasteiger partial charge in [0.1, 0.15) is 12.4 Å². The van der Waals surface area contributed by atoms with Crippen molar-refractivity contribution in [3.8, 4) is 5.75 Å². The van der Waals surface area contributed by atoms with Crippen LogP contribution in [0.1, 0.15) is 11.7 Å². The van der Waals surface area contributed by atoms with E-state index in [2.05, 4.69) is 21.9 Å². The van der Waals surface area contributed by atoms with E-state index in [1.54, 1.807) is 6.08 Å². The van der Waals surface area contributed by atoms with Gasteiger partial charge in [-0.3, -0.25) is 9.88 Å². The third-order valence-corrected chi connectivity index (χ3v) is 3.87. The first kappa shape index (κ1) is 14.3. The summed E-state index contributed by atoms with van der Waals surface area (Å²) in [6.45, 7) is 4.13. The topological polar surface area (TPSA) is 77.5 Å². The van der Waals surface area contributed by atoms with Crippen LogP contribution < -0.4 is 15.8 Å². The van der Waals surface area contributed by atoms with E-state index in [1.807, 2.05) is 53.1 Å². The van der Waals surface area contributed by atoms with E-state index < -0.39 is 0 Å². The molecule has 1 atom stereocenters. The molecule has 3 aromatic rings. The molecule has 2 aromatic carbocycles. The second-order valence-electron chi connectivity index (χ2n) is 5.48. The van der Waals surface area contributed by atoms with Gasteiger partial charge in [-0.1, -0.05) is 36.9 Å². The summed E-state index contributed by atoms with van der Waals surface area (Å²) >= 11 is 0. The van der Waals surface area contributed by atoms with Gasteiger partial charge in [0, 0.05) is 5.56 Å². The normalized spacial score (nSPS) is 16.2. The molecule has 3 N–H and O–H groups in total. The number of rotatable bonds is 4. The lowest BCUT2D eigenvalue weighted by atomic mass is 10.1. The van der Waals surface area contributed by atoms with Gasteiger partial charge in [0.25, 0.3) is 0 Å². The molecule has 0 aliphatic carbocycles. The number of fused-ring (bicyclic) bond motifs is 3. The van der Waals surface area contributed by atoms with Crippen molar-refractivity contribution in [1.82, 2.24) is 9.55 Å². The Bertz CT molecular complexity index is 943. The molecule has 0 bridgehead atoms. The maximum Gasteiger partial charge on any atom is 0.212 e. The molecule has 1 aliphatic heterocycles. The lowest BCUT2D eigenvalue weighted by Gasteiger charge is -2.24. The van der Waals surface area contributed by atoms with Gasteiger partial charge in [-0.2, -0.15) is 0 Å². The molecule has 0 amide bonds. The minimum atomic E-state index is -0.291. The zero-order valence-electron chi connectivity index (χ0n) is 13.0. The zero-order valence-corrected chi connectivity index (χ0v) is 13.0. The number of aromatic nitrogens is 2. The number of guanidine groups is 1. The predicted octanol–water partition coefficient (Wildman–Crippen LogP) is 2.89. The Labute approximate surface area is 139 Å². The van der Waals surface area contributed by atoms with Crippen LogP contribution in [0.2, 0.25) is 0 Å². The summed E-state index contributed by atoms with van der Waals surface area (Å²) < 4.78 is 7.67. The van der Waals surface area contributed by atoms with Gasteiger partial charge in [-0.05, 0) is 24.3 Å². The van der Waals surface area contributed by atoms with Gasteiger partial charge in [0.05, 0.1) is 11.0 Å². The van der Waals surface area contributed by atoms with Crippen molar-refractivity contribution in [3.05, 3.63) is 66.7 Å². The van der Waals surface area contributed by atoms with Crippen molar-refractivity contribution in [1.29, 1.82) is 0 Å². The molecule has 4 rings (SSSR count). The fourth-order valence-electron chi connectivity index (χ4n) is 2.86. The largest absolute Gasteiger partial charge is 0.490 e. The second-order valence-corrected chi connectivity index (χ2v) is 5.48. The maximum atomic E-state index is 5.96. The van der Waals surface area contributed by atoms with Crippen LogP contribution in [0, 0.1) is 0 Å². The van der Waals surface area contributed by atoms with E-state index in [0.717, 1.165) is 22.3 Å². The van der Waals surface area contributed by atoms with Crippen molar-refractivity contribution >= 4 is 22.9 Å². The first-order valence-corrected chi connectivity index (χ1v) is 7.67. The van der Waals surface area contributed by atoms with E-state index >= 15 is 0 Å². The molecule has 0 saturated carbocycles.